The summed E-state index contributed by atoms with van der Waals surface area (Å²) >= 11 is 0. The number of oxazole rings is 2. The molecule has 2 aromatic rings. The molecule has 0 spiro atoms. The molecule has 2 aliphatic heterocycles. The fourth-order valence-electron chi connectivity index (χ4n) is 2.96. The number of carbonyl (C=O) groups excluding carboxylic acids is 1. The van der Waals surface area contributed by atoms with Gasteiger partial charge in [-0.05, 0) is 6.42 Å². The lowest BCUT2D eigenvalue weighted by molar-refractivity contribution is 0.0721. The van der Waals surface area contributed by atoms with Gasteiger partial charge in [0.05, 0.1) is 25.6 Å². The first kappa shape index (κ1) is 14.4. The van der Waals surface area contributed by atoms with E-state index in [0.29, 0.717) is 32.0 Å². The van der Waals surface area contributed by atoms with Gasteiger partial charge in [-0.15, -0.1) is 0 Å². The van der Waals surface area contributed by atoms with Crippen LogP contribution in [0.25, 0.3) is 0 Å². The maximum Gasteiger partial charge on any atom is 0.276 e. The maximum absolute atomic E-state index is 12.5. The summed E-state index contributed by atoms with van der Waals surface area (Å²) in [5.74, 6) is 2.02. The second kappa shape index (κ2) is 5.78. The first-order valence-electron chi connectivity index (χ1n) is 7.74. The summed E-state index contributed by atoms with van der Waals surface area (Å²) in [5, 5.41) is 0. The molecular formula is C15H18N4O4. The van der Waals surface area contributed by atoms with E-state index in [1.807, 2.05) is 0 Å². The van der Waals surface area contributed by atoms with E-state index >= 15 is 0 Å². The molecule has 1 unspecified atom stereocenters. The van der Waals surface area contributed by atoms with Crippen LogP contribution in [0.1, 0.15) is 46.1 Å². The Morgan fingerprint density at radius 2 is 2.35 bits per heavy atom. The van der Waals surface area contributed by atoms with E-state index in [0.717, 1.165) is 30.4 Å². The number of carbonyl (C=O) groups is 1. The van der Waals surface area contributed by atoms with Gasteiger partial charge in [-0.3, -0.25) is 4.79 Å². The lowest BCUT2D eigenvalue weighted by Crippen LogP contribution is -2.36. The third-order valence-electron chi connectivity index (χ3n) is 4.26. The number of hydrogen-bond acceptors (Lipinski definition) is 7. The van der Waals surface area contributed by atoms with Crippen LogP contribution in [0.5, 0.6) is 0 Å². The standard InChI is InChI=1S/C15H18N4O4/c16-5-13-17-11(8-22-13)15(20)19-3-1-12-10(6-19)18-14(23-12)9-2-4-21-7-9/h8-9H,1-7,16H2. The van der Waals surface area contributed by atoms with Gasteiger partial charge in [0.1, 0.15) is 17.7 Å². The predicted octanol–water partition coefficient (Wildman–Crippen LogP) is 0.824. The average Bonchev–Trinajstić information content (AvgIpc) is 3.32. The van der Waals surface area contributed by atoms with Crippen LogP contribution in [0.2, 0.25) is 0 Å². The minimum Gasteiger partial charge on any atom is -0.447 e. The Morgan fingerprint density at radius 3 is 3.09 bits per heavy atom. The van der Waals surface area contributed by atoms with Crippen molar-refractivity contribution in [3.8, 4) is 0 Å². The van der Waals surface area contributed by atoms with Crippen molar-refractivity contribution in [2.75, 3.05) is 19.8 Å². The fraction of sp³-hybridized carbons (Fsp3) is 0.533. The van der Waals surface area contributed by atoms with Gasteiger partial charge in [-0.2, -0.15) is 0 Å². The number of nitrogens with zero attached hydrogens (tertiary/aromatic N) is 3. The van der Waals surface area contributed by atoms with Gasteiger partial charge in [0.2, 0.25) is 5.89 Å². The van der Waals surface area contributed by atoms with Crippen LogP contribution in [0.15, 0.2) is 15.1 Å². The van der Waals surface area contributed by atoms with Crippen LogP contribution in [0.3, 0.4) is 0 Å². The van der Waals surface area contributed by atoms with Crippen molar-refractivity contribution in [1.29, 1.82) is 0 Å². The topological polar surface area (TPSA) is 108 Å². The molecule has 23 heavy (non-hydrogen) atoms. The van der Waals surface area contributed by atoms with Crippen LogP contribution < -0.4 is 5.73 Å². The van der Waals surface area contributed by atoms with E-state index in [4.69, 9.17) is 19.3 Å². The molecule has 8 nitrogen and oxygen atoms in total. The van der Waals surface area contributed by atoms with E-state index in [-0.39, 0.29) is 24.1 Å². The lowest BCUT2D eigenvalue weighted by Gasteiger charge is -2.24. The van der Waals surface area contributed by atoms with Gasteiger partial charge in [0, 0.05) is 19.6 Å². The van der Waals surface area contributed by atoms with Crippen molar-refractivity contribution in [2.24, 2.45) is 5.73 Å². The molecule has 0 radical (unpaired) electrons. The van der Waals surface area contributed by atoms with E-state index < -0.39 is 0 Å². The number of ether oxygens (including phenoxy) is 1. The highest BCUT2D eigenvalue weighted by Gasteiger charge is 2.30. The molecule has 4 rings (SSSR count). The Bertz CT molecular complexity index is 717. The zero-order valence-electron chi connectivity index (χ0n) is 12.7. The number of fused-ring (bicyclic) bond motifs is 1. The van der Waals surface area contributed by atoms with E-state index in [1.165, 1.54) is 6.26 Å². The second-order valence-corrected chi connectivity index (χ2v) is 5.79. The second-order valence-electron chi connectivity index (χ2n) is 5.79. The molecular weight excluding hydrogens is 300 g/mol. The fourth-order valence-corrected chi connectivity index (χ4v) is 2.96. The van der Waals surface area contributed by atoms with Crippen LogP contribution >= 0.6 is 0 Å². The molecule has 1 saturated heterocycles. The minimum atomic E-state index is -0.173. The normalized spacial score (nSPS) is 20.7. The highest BCUT2D eigenvalue weighted by Crippen LogP contribution is 2.29. The van der Waals surface area contributed by atoms with Crippen molar-refractivity contribution >= 4 is 5.91 Å². The summed E-state index contributed by atoms with van der Waals surface area (Å²) in [7, 11) is 0. The molecule has 1 atom stereocenters. The van der Waals surface area contributed by atoms with Crippen molar-refractivity contribution in [2.45, 2.75) is 31.8 Å². The van der Waals surface area contributed by atoms with Gasteiger partial charge < -0.3 is 24.2 Å². The van der Waals surface area contributed by atoms with Gasteiger partial charge in [-0.1, -0.05) is 0 Å². The smallest absolute Gasteiger partial charge is 0.276 e. The Morgan fingerprint density at radius 1 is 1.43 bits per heavy atom. The van der Waals surface area contributed by atoms with E-state index in [9.17, 15) is 4.79 Å². The summed E-state index contributed by atoms with van der Waals surface area (Å²) in [6, 6.07) is 0. The zero-order valence-corrected chi connectivity index (χ0v) is 12.7. The highest BCUT2D eigenvalue weighted by molar-refractivity contribution is 5.92. The summed E-state index contributed by atoms with van der Waals surface area (Å²) in [4.78, 5) is 22.9. The Balaban J connectivity index is 1.50. The minimum absolute atomic E-state index is 0.173. The molecule has 0 bridgehead atoms. The Hall–Kier alpha value is -2.19. The predicted molar refractivity (Wildman–Crippen MR) is 77.5 cm³/mol. The first-order chi connectivity index (χ1) is 11.2. The van der Waals surface area contributed by atoms with Crippen molar-refractivity contribution in [1.82, 2.24) is 14.9 Å². The molecule has 122 valence electrons. The number of rotatable bonds is 3. The largest absolute Gasteiger partial charge is 0.447 e. The number of amides is 1. The van der Waals surface area contributed by atoms with Crippen LogP contribution in [0.4, 0.5) is 0 Å². The maximum atomic E-state index is 12.5. The summed E-state index contributed by atoms with van der Waals surface area (Å²) in [6.45, 7) is 2.58. The Kier molecular flexibility index (Phi) is 3.62. The van der Waals surface area contributed by atoms with Crippen LogP contribution in [-0.4, -0.2) is 40.5 Å². The summed E-state index contributed by atoms with van der Waals surface area (Å²) in [6.07, 6.45) is 2.94. The molecule has 2 aliphatic rings. The Labute approximate surface area is 132 Å². The summed E-state index contributed by atoms with van der Waals surface area (Å²) in [5.41, 5.74) is 6.56. The molecule has 0 aliphatic carbocycles. The SMILES string of the molecule is NCc1nc(C(=O)N2CCc3oc(C4CCOC4)nc3C2)co1. The van der Waals surface area contributed by atoms with Gasteiger partial charge in [0.15, 0.2) is 11.6 Å². The highest BCUT2D eigenvalue weighted by atomic mass is 16.5. The molecule has 1 fully saturated rings. The summed E-state index contributed by atoms with van der Waals surface area (Å²) < 4.78 is 16.4. The van der Waals surface area contributed by atoms with Crippen molar-refractivity contribution < 1.29 is 18.4 Å². The zero-order chi connectivity index (χ0) is 15.8. The van der Waals surface area contributed by atoms with Gasteiger partial charge in [-0.25, -0.2) is 9.97 Å². The van der Waals surface area contributed by atoms with Gasteiger partial charge >= 0.3 is 0 Å². The molecule has 8 heteroatoms. The van der Waals surface area contributed by atoms with Crippen LogP contribution in [0, 0.1) is 0 Å². The van der Waals surface area contributed by atoms with E-state index in [1.54, 1.807) is 4.90 Å². The quantitative estimate of drug-likeness (QED) is 0.892. The lowest BCUT2D eigenvalue weighted by atomic mass is 10.1. The van der Waals surface area contributed by atoms with E-state index in [2.05, 4.69) is 9.97 Å². The molecule has 0 saturated carbocycles. The molecule has 2 aromatic heterocycles. The molecule has 4 heterocycles. The first-order valence-corrected chi connectivity index (χ1v) is 7.74. The van der Waals surface area contributed by atoms with Gasteiger partial charge in [0.25, 0.3) is 5.91 Å². The molecule has 2 N–H and O–H groups in total. The number of aromatic nitrogens is 2. The third kappa shape index (κ3) is 2.64. The van der Waals surface area contributed by atoms with Crippen LogP contribution in [-0.2, 0) is 24.2 Å². The molecule has 0 aromatic carbocycles. The number of nitrogens with two attached hydrogens (primary N) is 1. The third-order valence-corrected chi connectivity index (χ3v) is 4.26. The van der Waals surface area contributed by atoms with Crippen molar-refractivity contribution in [3.63, 3.8) is 0 Å². The van der Waals surface area contributed by atoms with Crippen molar-refractivity contribution in [3.05, 3.63) is 35.2 Å². The monoisotopic (exact) mass is 318 g/mol. The average molecular weight is 318 g/mol. The number of hydrogen-bond donors (Lipinski definition) is 1. The molecule has 1 amide bonds.